The smallest absolute Gasteiger partial charge is 0.273 e. The number of thioether (sulfide) groups is 1. The van der Waals surface area contributed by atoms with Crippen molar-refractivity contribution in [1.29, 1.82) is 0 Å². The maximum atomic E-state index is 12.6. The number of aromatic nitrogens is 3. The standard InChI is InChI=1S/C21H24N6O3S/c1-22-21(28)19-15(25-20-17(31-4)6-5-9-23-20)11-18(26-27-19)24-12-13-7-8-14(29-2)10-16(13)30-3/h5-11H,12H2,1-4H3,(H,22,28)(H2,23,24,25,26)/i1D3. The van der Waals surface area contributed by atoms with E-state index in [0.29, 0.717) is 29.7 Å². The van der Waals surface area contributed by atoms with Crippen molar-refractivity contribution in [2.45, 2.75) is 11.4 Å². The highest BCUT2D eigenvalue weighted by molar-refractivity contribution is 7.98. The molecule has 0 fully saturated rings. The van der Waals surface area contributed by atoms with Crippen LogP contribution in [0.2, 0.25) is 0 Å². The van der Waals surface area contributed by atoms with E-state index in [1.54, 1.807) is 38.6 Å². The zero-order valence-corrected chi connectivity index (χ0v) is 18.0. The predicted molar refractivity (Wildman–Crippen MR) is 122 cm³/mol. The van der Waals surface area contributed by atoms with Gasteiger partial charge in [-0.15, -0.1) is 22.0 Å². The van der Waals surface area contributed by atoms with Crippen molar-refractivity contribution in [1.82, 2.24) is 20.5 Å². The number of carbonyl (C=O) groups is 1. The maximum absolute atomic E-state index is 12.6. The Kier molecular flexibility index (Phi) is 6.17. The van der Waals surface area contributed by atoms with E-state index in [2.05, 4.69) is 25.8 Å². The van der Waals surface area contributed by atoms with E-state index in [4.69, 9.17) is 13.6 Å². The summed E-state index contributed by atoms with van der Waals surface area (Å²) in [5, 5.41) is 16.2. The van der Waals surface area contributed by atoms with E-state index in [1.165, 1.54) is 11.8 Å². The Morgan fingerprint density at radius 3 is 2.81 bits per heavy atom. The summed E-state index contributed by atoms with van der Waals surface area (Å²) in [5.41, 5.74) is 0.912. The van der Waals surface area contributed by atoms with Gasteiger partial charge in [-0.05, 0) is 30.5 Å². The summed E-state index contributed by atoms with van der Waals surface area (Å²) in [7, 11) is 3.14. The number of amides is 1. The van der Waals surface area contributed by atoms with Gasteiger partial charge in [-0.25, -0.2) is 4.98 Å². The van der Waals surface area contributed by atoms with Gasteiger partial charge < -0.3 is 25.4 Å². The number of pyridine rings is 1. The summed E-state index contributed by atoms with van der Waals surface area (Å²) >= 11 is 1.47. The van der Waals surface area contributed by atoms with Gasteiger partial charge in [0, 0.05) is 46.4 Å². The van der Waals surface area contributed by atoms with Crippen molar-refractivity contribution in [3.8, 4) is 11.5 Å². The lowest BCUT2D eigenvalue weighted by molar-refractivity contribution is 0.0958. The first-order chi connectivity index (χ1) is 16.2. The Bertz CT molecular complexity index is 1160. The summed E-state index contributed by atoms with van der Waals surface area (Å²) in [4.78, 5) is 17.7. The first-order valence-electron chi connectivity index (χ1n) is 10.6. The molecule has 3 aromatic rings. The van der Waals surface area contributed by atoms with Gasteiger partial charge in [0.2, 0.25) is 0 Å². The van der Waals surface area contributed by atoms with Crippen molar-refractivity contribution in [2.24, 2.45) is 0 Å². The van der Waals surface area contributed by atoms with Gasteiger partial charge in [-0.2, -0.15) is 0 Å². The maximum Gasteiger partial charge on any atom is 0.273 e. The molecule has 2 aromatic heterocycles. The van der Waals surface area contributed by atoms with E-state index in [-0.39, 0.29) is 11.4 Å². The molecule has 3 rings (SSSR count). The Hall–Kier alpha value is -3.53. The molecule has 0 saturated heterocycles. The Balaban J connectivity index is 1.91. The number of rotatable bonds is 9. The molecule has 0 radical (unpaired) electrons. The zero-order chi connectivity index (χ0) is 24.7. The third-order valence-corrected chi connectivity index (χ3v) is 5.09. The topological polar surface area (TPSA) is 110 Å². The van der Waals surface area contributed by atoms with E-state index < -0.39 is 12.9 Å². The Morgan fingerprint density at radius 1 is 1.19 bits per heavy atom. The SMILES string of the molecule is [2H]C([2H])([2H])NC(=O)c1nnc(NCc2ccc(OC)cc2OC)cc1Nc1ncccc1SC. The quantitative estimate of drug-likeness (QED) is 0.429. The van der Waals surface area contributed by atoms with Crippen molar-refractivity contribution < 1.29 is 18.4 Å². The van der Waals surface area contributed by atoms with Crippen LogP contribution in [0.5, 0.6) is 11.5 Å². The molecule has 0 spiro atoms. The molecule has 0 saturated carbocycles. The van der Waals surface area contributed by atoms with Crippen LogP contribution in [0.15, 0.2) is 47.5 Å². The van der Waals surface area contributed by atoms with E-state index in [1.807, 2.05) is 29.8 Å². The Labute approximate surface area is 189 Å². The molecule has 0 atom stereocenters. The van der Waals surface area contributed by atoms with Gasteiger partial charge in [-0.1, -0.05) is 0 Å². The molecule has 31 heavy (non-hydrogen) atoms. The predicted octanol–water partition coefficient (Wildman–Crippen LogP) is 3.33. The minimum atomic E-state index is -2.67. The first kappa shape index (κ1) is 18.3. The highest BCUT2D eigenvalue weighted by Gasteiger charge is 2.16. The molecular formula is C21H24N6O3S. The monoisotopic (exact) mass is 443 g/mol. The number of ether oxygens (including phenoxy) is 2. The molecule has 0 unspecified atom stereocenters. The second-order valence-electron chi connectivity index (χ2n) is 6.16. The van der Waals surface area contributed by atoms with Gasteiger partial charge in [0.15, 0.2) is 11.5 Å². The fraction of sp³-hybridized carbons (Fsp3) is 0.238. The average Bonchev–Trinajstić information content (AvgIpc) is 2.82. The van der Waals surface area contributed by atoms with Gasteiger partial charge in [0.25, 0.3) is 5.91 Å². The zero-order valence-electron chi connectivity index (χ0n) is 20.2. The number of hydrogen-bond donors (Lipinski definition) is 3. The molecule has 3 N–H and O–H groups in total. The highest BCUT2D eigenvalue weighted by atomic mass is 32.2. The van der Waals surface area contributed by atoms with Crippen molar-refractivity contribution in [3.63, 3.8) is 0 Å². The van der Waals surface area contributed by atoms with Gasteiger partial charge in [-0.3, -0.25) is 4.79 Å². The van der Waals surface area contributed by atoms with Crippen LogP contribution in [0, 0.1) is 0 Å². The number of methoxy groups -OCH3 is 2. The third kappa shape index (κ3) is 5.34. The van der Waals surface area contributed by atoms with Crippen LogP contribution in [0.3, 0.4) is 0 Å². The van der Waals surface area contributed by atoms with Crippen molar-refractivity contribution in [2.75, 3.05) is 38.1 Å². The second-order valence-corrected chi connectivity index (χ2v) is 7.00. The first-order valence-corrected chi connectivity index (χ1v) is 10.4. The molecule has 1 amide bonds. The molecule has 0 aliphatic heterocycles. The fourth-order valence-electron chi connectivity index (χ4n) is 2.76. The molecule has 10 heteroatoms. The van der Waals surface area contributed by atoms with Gasteiger partial charge in [0.1, 0.15) is 17.3 Å². The Morgan fingerprint density at radius 2 is 2.06 bits per heavy atom. The fourth-order valence-corrected chi connectivity index (χ4v) is 3.27. The molecule has 1 aromatic carbocycles. The molecule has 0 aliphatic carbocycles. The van der Waals surface area contributed by atoms with E-state index >= 15 is 0 Å². The van der Waals surface area contributed by atoms with E-state index in [9.17, 15) is 4.79 Å². The van der Waals surface area contributed by atoms with Crippen LogP contribution in [-0.2, 0) is 6.54 Å². The lowest BCUT2D eigenvalue weighted by atomic mass is 10.2. The number of carbonyl (C=O) groups excluding carboxylic acids is 1. The lowest BCUT2D eigenvalue weighted by Crippen LogP contribution is -2.22. The summed E-state index contributed by atoms with van der Waals surface area (Å²) in [6.07, 6.45) is 3.50. The summed E-state index contributed by atoms with van der Waals surface area (Å²) in [6, 6.07) is 10.7. The van der Waals surface area contributed by atoms with Crippen LogP contribution >= 0.6 is 11.8 Å². The van der Waals surface area contributed by atoms with Crippen LogP contribution in [-0.4, -0.2) is 48.5 Å². The molecule has 0 bridgehead atoms. The lowest BCUT2D eigenvalue weighted by Gasteiger charge is -2.14. The van der Waals surface area contributed by atoms with Crippen LogP contribution in [0.25, 0.3) is 0 Å². The summed E-state index contributed by atoms with van der Waals surface area (Å²) < 4.78 is 32.6. The van der Waals surface area contributed by atoms with Gasteiger partial charge in [0.05, 0.1) is 19.9 Å². The minimum absolute atomic E-state index is 0.179. The molecule has 9 nitrogen and oxygen atoms in total. The van der Waals surface area contributed by atoms with Crippen molar-refractivity contribution in [3.05, 3.63) is 53.9 Å². The van der Waals surface area contributed by atoms with Gasteiger partial charge >= 0.3 is 0 Å². The molecular weight excluding hydrogens is 416 g/mol. The highest BCUT2D eigenvalue weighted by Crippen LogP contribution is 2.29. The number of hydrogen-bond acceptors (Lipinski definition) is 9. The third-order valence-electron chi connectivity index (χ3n) is 4.32. The average molecular weight is 444 g/mol. The normalized spacial score (nSPS) is 12.2. The second kappa shape index (κ2) is 10.5. The number of nitrogens with one attached hydrogen (secondary N) is 3. The van der Waals surface area contributed by atoms with Crippen LogP contribution in [0.4, 0.5) is 17.3 Å². The minimum Gasteiger partial charge on any atom is -0.497 e. The van der Waals surface area contributed by atoms with Crippen LogP contribution < -0.4 is 25.4 Å². The van der Waals surface area contributed by atoms with Crippen LogP contribution in [0.1, 0.15) is 20.2 Å². The molecule has 162 valence electrons. The number of anilines is 3. The van der Waals surface area contributed by atoms with Crippen molar-refractivity contribution >= 4 is 35.0 Å². The molecule has 2 heterocycles. The summed E-state index contributed by atoms with van der Waals surface area (Å²) in [5.74, 6) is 1.25. The largest absolute Gasteiger partial charge is 0.497 e. The summed E-state index contributed by atoms with van der Waals surface area (Å²) in [6.45, 7) is -2.32. The number of nitrogens with zero attached hydrogens (tertiary/aromatic N) is 3. The van der Waals surface area contributed by atoms with E-state index in [0.717, 1.165) is 10.5 Å². The molecule has 0 aliphatic rings. The number of benzene rings is 1.